The maximum absolute atomic E-state index is 12.2. The summed E-state index contributed by atoms with van der Waals surface area (Å²) in [5, 5.41) is 3.65. The van der Waals surface area contributed by atoms with Crippen molar-refractivity contribution in [2.75, 3.05) is 13.2 Å². The summed E-state index contributed by atoms with van der Waals surface area (Å²) in [5.74, 6) is -1.38. The van der Waals surface area contributed by atoms with Gasteiger partial charge < -0.3 is 10.1 Å². The SMILES string of the molecule is O=C(CNC(=O)c1sc2ccccc2c1Cl)NNC(=O)C1CCCO1. The first kappa shape index (κ1) is 17.7. The van der Waals surface area contributed by atoms with E-state index in [-0.39, 0.29) is 6.54 Å². The van der Waals surface area contributed by atoms with E-state index in [2.05, 4.69) is 16.2 Å². The normalized spacial score (nSPS) is 16.6. The first-order valence-corrected chi connectivity index (χ1v) is 8.91. The molecule has 1 fully saturated rings. The minimum atomic E-state index is -0.545. The predicted octanol–water partition coefficient (Wildman–Crippen LogP) is 1.61. The third kappa shape index (κ3) is 4.09. The topological polar surface area (TPSA) is 96.5 Å². The molecule has 3 rings (SSSR count). The summed E-state index contributed by atoms with van der Waals surface area (Å²) in [6.45, 7) is 0.257. The van der Waals surface area contributed by atoms with E-state index >= 15 is 0 Å². The van der Waals surface area contributed by atoms with Gasteiger partial charge in [-0.25, -0.2) is 0 Å². The van der Waals surface area contributed by atoms with E-state index in [1.54, 1.807) is 0 Å². The largest absolute Gasteiger partial charge is 0.368 e. The third-order valence-corrected chi connectivity index (χ3v) is 5.37. The van der Waals surface area contributed by atoms with Crippen LogP contribution in [0.15, 0.2) is 24.3 Å². The molecule has 25 heavy (non-hydrogen) atoms. The van der Waals surface area contributed by atoms with E-state index in [0.717, 1.165) is 16.5 Å². The smallest absolute Gasteiger partial charge is 0.267 e. The van der Waals surface area contributed by atoms with Crippen LogP contribution in [0.3, 0.4) is 0 Å². The van der Waals surface area contributed by atoms with E-state index in [9.17, 15) is 14.4 Å². The van der Waals surface area contributed by atoms with Gasteiger partial charge in [0.15, 0.2) is 0 Å². The number of fused-ring (bicyclic) bond motifs is 1. The van der Waals surface area contributed by atoms with Gasteiger partial charge in [0.05, 0.1) is 11.6 Å². The highest BCUT2D eigenvalue weighted by Crippen LogP contribution is 2.34. The zero-order chi connectivity index (χ0) is 17.8. The molecule has 132 valence electrons. The average molecular weight is 382 g/mol. The highest BCUT2D eigenvalue weighted by Gasteiger charge is 2.24. The second kappa shape index (κ2) is 7.81. The average Bonchev–Trinajstić information content (AvgIpc) is 3.26. The van der Waals surface area contributed by atoms with Crippen LogP contribution in [-0.2, 0) is 14.3 Å². The highest BCUT2D eigenvalue weighted by atomic mass is 35.5. The third-order valence-electron chi connectivity index (χ3n) is 3.70. The van der Waals surface area contributed by atoms with Gasteiger partial charge in [0, 0.05) is 16.7 Å². The zero-order valence-electron chi connectivity index (χ0n) is 13.1. The molecular weight excluding hydrogens is 366 g/mol. The fourth-order valence-electron chi connectivity index (χ4n) is 2.44. The molecule has 1 unspecified atom stereocenters. The van der Waals surface area contributed by atoms with Crippen molar-refractivity contribution in [2.24, 2.45) is 0 Å². The second-order valence-corrected chi connectivity index (χ2v) is 6.89. The van der Waals surface area contributed by atoms with Crippen LogP contribution in [0.25, 0.3) is 10.1 Å². The number of carbonyl (C=O) groups excluding carboxylic acids is 3. The first-order chi connectivity index (χ1) is 12.1. The van der Waals surface area contributed by atoms with E-state index in [4.69, 9.17) is 16.3 Å². The van der Waals surface area contributed by atoms with Crippen molar-refractivity contribution in [3.8, 4) is 0 Å². The van der Waals surface area contributed by atoms with Crippen LogP contribution >= 0.6 is 22.9 Å². The van der Waals surface area contributed by atoms with Crippen LogP contribution in [-0.4, -0.2) is 37.0 Å². The van der Waals surface area contributed by atoms with Crippen molar-refractivity contribution in [1.29, 1.82) is 0 Å². The van der Waals surface area contributed by atoms with Gasteiger partial charge in [0.25, 0.3) is 17.7 Å². The Morgan fingerprint density at radius 3 is 2.76 bits per heavy atom. The van der Waals surface area contributed by atoms with Crippen molar-refractivity contribution in [3.63, 3.8) is 0 Å². The number of thiophene rings is 1. The predicted molar refractivity (Wildman–Crippen MR) is 94.4 cm³/mol. The molecular formula is C16H16ClN3O4S. The van der Waals surface area contributed by atoms with Gasteiger partial charge in [-0.05, 0) is 18.9 Å². The van der Waals surface area contributed by atoms with Gasteiger partial charge in [-0.3, -0.25) is 25.2 Å². The molecule has 0 bridgehead atoms. The molecule has 1 aromatic carbocycles. The van der Waals surface area contributed by atoms with Crippen LogP contribution in [0.4, 0.5) is 0 Å². The van der Waals surface area contributed by atoms with Crippen molar-refractivity contribution in [2.45, 2.75) is 18.9 Å². The minimum Gasteiger partial charge on any atom is -0.368 e. The highest BCUT2D eigenvalue weighted by molar-refractivity contribution is 7.21. The molecule has 2 heterocycles. The number of halogens is 1. The fourth-order valence-corrected chi connectivity index (χ4v) is 3.87. The maximum atomic E-state index is 12.2. The molecule has 0 saturated carbocycles. The van der Waals surface area contributed by atoms with Crippen molar-refractivity contribution in [1.82, 2.24) is 16.2 Å². The molecule has 3 amide bonds. The van der Waals surface area contributed by atoms with Gasteiger partial charge in [-0.15, -0.1) is 11.3 Å². The molecule has 2 aromatic rings. The number of hydrazine groups is 1. The maximum Gasteiger partial charge on any atom is 0.267 e. The number of ether oxygens (including phenoxy) is 1. The summed E-state index contributed by atoms with van der Waals surface area (Å²) in [4.78, 5) is 36.0. The fraction of sp³-hybridized carbons (Fsp3) is 0.312. The number of amides is 3. The molecule has 3 N–H and O–H groups in total. The number of nitrogens with one attached hydrogen (secondary N) is 3. The Morgan fingerprint density at radius 2 is 2.04 bits per heavy atom. The van der Waals surface area contributed by atoms with E-state index in [1.807, 2.05) is 24.3 Å². The first-order valence-electron chi connectivity index (χ1n) is 7.72. The Bertz CT molecular complexity index is 817. The van der Waals surface area contributed by atoms with Gasteiger partial charge in [0.1, 0.15) is 11.0 Å². The molecule has 0 spiro atoms. The molecule has 0 radical (unpaired) electrons. The number of rotatable bonds is 4. The molecule has 1 aliphatic heterocycles. The molecule has 1 aromatic heterocycles. The number of hydrogen-bond donors (Lipinski definition) is 3. The summed E-state index contributed by atoms with van der Waals surface area (Å²) >= 11 is 7.48. The lowest BCUT2D eigenvalue weighted by atomic mass is 10.2. The molecule has 7 nitrogen and oxygen atoms in total. The van der Waals surface area contributed by atoms with Gasteiger partial charge >= 0.3 is 0 Å². The Morgan fingerprint density at radius 1 is 1.24 bits per heavy atom. The minimum absolute atomic E-state index is 0.283. The lowest BCUT2D eigenvalue weighted by molar-refractivity contribution is -0.134. The number of benzene rings is 1. The molecule has 0 aliphatic carbocycles. The number of carbonyl (C=O) groups is 3. The quantitative estimate of drug-likeness (QED) is 0.701. The Balaban J connectivity index is 1.50. The van der Waals surface area contributed by atoms with Crippen molar-refractivity contribution in [3.05, 3.63) is 34.2 Å². The van der Waals surface area contributed by atoms with Gasteiger partial charge in [-0.2, -0.15) is 0 Å². The Hall–Kier alpha value is -2.16. The zero-order valence-corrected chi connectivity index (χ0v) is 14.7. The molecule has 9 heteroatoms. The Kier molecular flexibility index (Phi) is 5.52. The Labute approximate surface area is 152 Å². The summed E-state index contributed by atoms with van der Waals surface area (Å²) in [7, 11) is 0. The van der Waals surface area contributed by atoms with Crippen LogP contribution in [0, 0.1) is 0 Å². The van der Waals surface area contributed by atoms with Crippen LogP contribution in [0.2, 0.25) is 5.02 Å². The standard InChI is InChI=1S/C16H16ClN3O4S/c17-13-9-4-1-2-6-11(9)25-14(13)16(23)18-8-12(21)19-20-15(22)10-5-3-7-24-10/h1-2,4,6,10H,3,5,7-8H2,(H,18,23)(H,19,21)(H,20,22). The molecule has 1 aliphatic rings. The molecule has 1 atom stereocenters. The van der Waals surface area contributed by atoms with Crippen LogP contribution < -0.4 is 16.2 Å². The monoisotopic (exact) mass is 381 g/mol. The van der Waals surface area contributed by atoms with Crippen molar-refractivity contribution >= 4 is 50.7 Å². The van der Waals surface area contributed by atoms with E-state index in [1.165, 1.54) is 11.3 Å². The lowest BCUT2D eigenvalue weighted by Crippen LogP contribution is -2.49. The van der Waals surface area contributed by atoms with E-state index in [0.29, 0.717) is 22.9 Å². The van der Waals surface area contributed by atoms with Crippen LogP contribution in [0.5, 0.6) is 0 Å². The summed E-state index contributed by atoms with van der Waals surface area (Å²) in [6, 6.07) is 7.40. The van der Waals surface area contributed by atoms with Crippen molar-refractivity contribution < 1.29 is 19.1 Å². The van der Waals surface area contributed by atoms with Crippen LogP contribution in [0.1, 0.15) is 22.5 Å². The molecule has 1 saturated heterocycles. The van der Waals surface area contributed by atoms with Gasteiger partial charge in [-0.1, -0.05) is 29.8 Å². The number of hydrogen-bond acceptors (Lipinski definition) is 5. The summed E-state index contributed by atoms with van der Waals surface area (Å²) < 4.78 is 6.09. The summed E-state index contributed by atoms with van der Waals surface area (Å²) in [6.07, 6.45) is 0.910. The van der Waals surface area contributed by atoms with Gasteiger partial charge in [0.2, 0.25) is 0 Å². The summed E-state index contributed by atoms with van der Waals surface area (Å²) in [5.41, 5.74) is 4.53. The lowest BCUT2D eigenvalue weighted by Gasteiger charge is -2.11. The van der Waals surface area contributed by atoms with E-state index < -0.39 is 23.8 Å². The second-order valence-electron chi connectivity index (χ2n) is 5.46.